The van der Waals surface area contributed by atoms with E-state index in [0.29, 0.717) is 12.0 Å². The van der Waals surface area contributed by atoms with E-state index in [1.165, 1.54) is 24.0 Å². The number of hydrogen-bond donors (Lipinski definition) is 1. The van der Waals surface area contributed by atoms with E-state index in [1.54, 1.807) is 7.11 Å². The van der Waals surface area contributed by atoms with Crippen LogP contribution in [0.1, 0.15) is 50.7 Å². The largest absolute Gasteiger partial charge is 0.496 e. The van der Waals surface area contributed by atoms with Crippen molar-refractivity contribution in [1.82, 2.24) is 5.32 Å². The third-order valence-corrected chi connectivity index (χ3v) is 3.60. The van der Waals surface area contributed by atoms with Crippen LogP contribution >= 0.6 is 0 Å². The number of ether oxygens (including phenoxy) is 1. The summed E-state index contributed by atoms with van der Waals surface area (Å²) in [5, 5.41) is 3.64. The Bertz CT molecular complexity index is 396. The molecule has 1 saturated carbocycles. The minimum Gasteiger partial charge on any atom is -0.496 e. The zero-order valence-corrected chi connectivity index (χ0v) is 12.0. The van der Waals surface area contributed by atoms with Gasteiger partial charge in [0.15, 0.2) is 0 Å². The molecule has 18 heavy (non-hydrogen) atoms. The Morgan fingerprint density at radius 3 is 2.56 bits per heavy atom. The van der Waals surface area contributed by atoms with E-state index in [9.17, 15) is 0 Å². The van der Waals surface area contributed by atoms with E-state index in [1.807, 2.05) is 0 Å². The molecule has 1 fully saturated rings. The van der Waals surface area contributed by atoms with Crippen molar-refractivity contribution in [3.8, 4) is 5.75 Å². The van der Waals surface area contributed by atoms with Crippen molar-refractivity contribution in [2.24, 2.45) is 0 Å². The summed E-state index contributed by atoms with van der Waals surface area (Å²) in [6, 6.07) is 7.92. The zero-order chi connectivity index (χ0) is 13.1. The second-order valence-electron chi connectivity index (χ2n) is 5.77. The van der Waals surface area contributed by atoms with Crippen LogP contribution < -0.4 is 10.1 Å². The molecular formula is C16H25NO. The summed E-state index contributed by atoms with van der Waals surface area (Å²) < 4.78 is 5.53. The number of rotatable bonds is 6. The Hall–Kier alpha value is -1.02. The number of methoxy groups -OCH3 is 1. The monoisotopic (exact) mass is 247 g/mol. The average Bonchev–Trinajstić information content (AvgIpc) is 3.13. The van der Waals surface area contributed by atoms with Crippen molar-refractivity contribution >= 4 is 0 Å². The molecule has 1 aliphatic carbocycles. The normalized spacial score (nSPS) is 16.9. The van der Waals surface area contributed by atoms with E-state index in [0.717, 1.165) is 18.2 Å². The predicted octanol–water partition coefficient (Wildman–Crippen LogP) is 3.50. The highest BCUT2D eigenvalue weighted by Gasteiger charge is 2.23. The molecule has 1 unspecified atom stereocenters. The van der Waals surface area contributed by atoms with Gasteiger partial charge >= 0.3 is 0 Å². The van der Waals surface area contributed by atoms with Crippen LogP contribution in [0, 0.1) is 0 Å². The second-order valence-corrected chi connectivity index (χ2v) is 5.77. The Kier molecular flexibility index (Phi) is 4.28. The summed E-state index contributed by atoms with van der Waals surface area (Å²) in [4.78, 5) is 0. The van der Waals surface area contributed by atoms with Gasteiger partial charge < -0.3 is 10.1 Å². The maximum atomic E-state index is 5.53. The molecule has 1 N–H and O–H groups in total. The first kappa shape index (κ1) is 13.4. The maximum absolute atomic E-state index is 5.53. The third kappa shape index (κ3) is 3.49. The molecule has 2 heteroatoms. The van der Waals surface area contributed by atoms with Crippen molar-refractivity contribution in [1.29, 1.82) is 0 Å². The molecule has 0 amide bonds. The smallest absolute Gasteiger partial charge is 0.122 e. The fraction of sp³-hybridized carbons (Fsp3) is 0.625. The molecule has 0 aromatic heterocycles. The summed E-state index contributed by atoms with van der Waals surface area (Å²) >= 11 is 0. The summed E-state index contributed by atoms with van der Waals surface area (Å²) in [5.41, 5.74) is 2.65. The van der Waals surface area contributed by atoms with Crippen molar-refractivity contribution < 1.29 is 4.74 Å². The Labute approximate surface area is 111 Å². The van der Waals surface area contributed by atoms with Gasteiger partial charge in [-0.1, -0.05) is 26.0 Å². The molecule has 0 spiro atoms. The van der Waals surface area contributed by atoms with Gasteiger partial charge in [-0.15, -0.1) is 0 Å². The molecule has 1 aromatic carbocycles. The molecule has 1 atom stereocenters. The lowest BCUT2D eigenvalue weighted by Gasteiger charge is -2.17. The highest BCUT2D eigenvalue weighted by atomic mass is 16.5. The second kappa shape index (κ2) is 5.75. The number of hydrogen-bond acceptors (Lipinski definition) is 2. The minimum absolute atomic E-state index is 0.524. The number of benzene rings is 1. The standard InChI is InChI=1S/C16H25NO/c1-11(2)13-5-6-14(16(10-13)18-4)9-12(3)17-15-7-8-15/h5-6,10-12,15,17H,7-9H2,1-4H3. The molecule has 100 valence electrons. The van der Waals surface area contributed by atoms with Gasteiger partial charge in [0.05, 0.1) is 7.11 Å². The quantitative estimate of drug-likeness (QED) is 0.830. The molecule has 0 aliphatic heterocycles. The van der Waals surface area contributed by atoms with Gasteiger partial charge in [-0.3, -0.25) is 0 Å². The highest BCUT2D eigenvalue weighted by Crippen LogP contribution is 2.26. The third-order valence-electron chi connectivity index (χ3n) is 3.60. The summed E-state index contributed by atoms with van der Waals surface area (Å²) in [5.74, 6) is 1.58. The fourth-order valence-electron chi connectivity index (χ4n) is 2.33. The molecule has 1 aliphatic rings. The first-order chi connectivity index (χ1) is 8.60. The van der Waals surface area contributed by atoms with Crippen molar-refractivity contribution in [2.45, 2.75) is 58.0 Å². The van der Waals surface area contributed by atoms with Crippen LogP contribution in [-0.4, -0.2) is 19.2 Å². The van der Waals surface area contributed by atoms with E-state index >= 15 is 0 Å². The molecule has 2 rings (SSSR count). The average molecular weight is 247 g/mol. The predicted molar refractivity (Wildman–Crippen MR) is 76.4 cm³/mol. The fourth-order valence-corrected chi connectivity index (χ4v) is 2.33. The molecule has 2 nitrogen and oxygen atoms in total. The van der Waals surface area contributed by atoms with E-state index in [-0.39, 0.29) is 0 Å². The Morgan fingerprint density at radius 1 is 1.28 bits per heavy atom. The van der Waals surface area contributed by atoms with Gasteiger partial charge in [0, 0.05) is 12.1 Å². The van der Waals surface area contributed by atoms with Crippen LogP contribution in [-0.2, 0) is 6.42 Å². The van der Waals surface area contributed by atoms with Crippen LogP contribution in [0.5, 0.6) is 5.75 Å². The first-order valence-corrected chi connectivity index (χ1v) is 7.03. The molecular weight excluding hydrogens is 222 g/mol. The van der Waals surface area contributed by atoms with E-state index in [2.05, 4.69) is 44.3 Å². The lowest BCUT2D eigenvalue weighted by molar-refractivity contribution is 0.405. The molecule has 0 bridgehead atoms. The lowest BCUT2D eigenvalue weighted by atomic mass is 9.98. The SMILES string of the molecule is COc1cc(C(C)C)ccc1CC(C)NC1CC1. The van der Waals surface area contributed by atoms with Crippen LogP contribution in [0.25, 0.3) is 0 Å². The molecule has 0 saturated heterocycles. The van der Waals surface area contributed by atoms with Crippen molar-refractivity contribution in [3.05, 3.63) is 29.3 Å². The van der Waals surface area contributed by atoms with Gasteiger partial charge in [-0.2, -0.15) is 0 Å². The summed E-state index contributed by atoms with van der Waals surface area (Å²) in [6.07, 6.45) is 3.72. The van der Waals surface area contributed by atoms with Gasteiger partial charge in [-0.05, 0) is 49.3 Å². The Balaban J connectivity index is 2.06. The van der Waals surface area contributed by atoms with Crippen LogP contribution in [0.4, 0.5) is 0 Å². The van der Waals surface area contributed by atoms with Crippen molar-refractivity contribution in [3.63, 3.8) is 0 Å². The molecule has 0 heterocycles. The van der Waals surface area contributed by atoms with Crippen LogP contribution in [0.3, 0.4) is 0 Å². The molecule has 1 aromatic rings. The number of nitrogens with one attached hydrogen (secondary N) is 1. The van der Waals surface area contributed by atoms with Crippen LogP contribution in [0.2, 0.25) is 0 Å². The lowest BCUT2D eigenvalue weighted by Crippen LogP contribution is -2.30. The van der Waals surface area contributed by atoms with Gasteiger partial charge in [-0.25, -0.2) is 0 Å². The van der Waals surface area contributed by atoms with Crippen LogP contribution in [0.15, 0.2) is 18.2 Å². The maximum Gasteiger partial charge on any atom is 0.122 e. The van der Waals surface area contributed by atoms with Gasteiger partial charge in [0.2, 0.25) is 0 Å². The zero-order valence-electron chi connectivity index (χ0n) is 12.0. The van der Waals surface area contributed by atoms with E-state index < -0.39 is 0 Å². The molecule has 0 radical (unpaired) electrons. The van der Waals surface area contributed by atoms with Gasteiger partial charge in [0.25, 0.3) is 0 Å². The topological polar surface area (TPSA) is 21.3 Å². The minimum atomic E-state index is 0.524. The van der Waals surface area contributed by atoms with Crippen molar-refractivity contribution in [2.75, 3.05) is 7.11 Å². The Morgan fingerprint density at radius 2 is 2.00 bits per heavy atom. The summed E-state index contributed by atoms with van der Waals surface area (Å²) in [6.45, 7) is 6.69. The first-order valence-electron chi connectivity index (χ1n) is 7.03. The summed E-state index contributed by atoms with van der Waals surface area (Å²) in [7, 11) is 1.77. The van der Waals surface area contributed by atoms with Gasteiger partial charge in [0.1, 0.15) is 5.75 Å². The highest BCUT2D eigenvalue weighted by molar-refractivity contribution is 5.39. The van der Waals surface area contributed by atoms with E-state index in [4.69, 9.17) is 4.74 Å².